The van der Waals surface area contributed by atoms with Crippen LogP contribution in [-0.4, -0.2) is 9.97 Å². The SMILES string of the molecule is NC(=S)c1ccc(Br)cc1Oc1cccnc1. The Labute approximate surface area is 113 Å². The first-order valence-electron chi connectivity index (χ1n) is 4.84. The number of thiocarbonyl (C=S) groups is 1. The van der Waals surface area contributed by atoms with E-state index in [2.05, 4.69) is 20.9 Å². The van der Waals surface area contributed by atoms with Crippen molar-refractivity contribution in [1.82, 2.24) is 4.98 Å². The molecule has 0 amide bonds. The zero-order chi connectivity index (χ0) is 12.3. The van der Waals surface area contributed by atoms with Gasteiger partial charge >= 0.3 is 0 Å². The average Bonchev–Trinajstić information content (AvgIpc) is 2.30. The second-order valence-electron chi connectivity index (χ2n) is 3.30. The van der Waals surface area contributed by atoms with Gasteiger partial charge in [0.1, 0.15) is 16.5 Å². The van der Waals surface area contributed by atoms with Crippen LogP contribution in [0.15, 0.2) is 47.2 Å². The lowest BCUT2D eigenvalue weighted by Gasteiger charge is -2.10. The third kappa shape index (κ3) is 3.01. The number of rotatable bonds is 3. The molecule has 0 saturated carbocycles. The largest absolute Gasteiger partial charge is 0.455 e. The van der Waals surface area contributed by atoms with Gasteiger partial charge in [0, 0.05) is 10.7 Å². The summed E-state index contributed by atoms with van der Waals surface area (Å²) in [6, 6.07) is 9.12. The predicted octanol–water partition coefficient (Wildman–Crippen LogP) is 3.27. The highest BCUT2D eigenvalue weighted by atomic mass is 79.9. The van der Waals surface area contributed by atoms with Crippen molar-refractivity contribution in [3.8, 4) is 11.5 Å². The summed E-state index contributed by atoms with van der Waals surface area (Å²) >= 11 is 8.35. The summed E-state index contributed by atoms with van der Waals surface area (Å²) in [5, 5.41) is 0. The fraction of sp³-hybridized carbons (Fsp3) is 0. The number of hydrogen-bond donors (Lipinski definition) is 1. The maximum Gasteiger partial charge on any atom is 0.145 e. The highest BCUT2D eigenvalue weighted by molar-refractivity contribution is 9.10. The van der Waals surface area contributed by atoms with Gasteiger partial charge in [0.15, 0.2) is 0 Å². The standard InChI is InChI=1S/C12H9BrN2OS/c13-8-3-4-10(12(14)17)11(6-8)16-9-2-1-5-15-7-9/h1-7H,(H2,14,17). The molecule has 86 valence electrons. The summed E-state index contributed by atoms with van der Waals surface area (Å²) in [5.41, 5.74) is 6.34. The smallest absolute Gasteiger partial charge is 0.145 e. The molecule has 2 rings (SSSR count). The molecule has 3 nitrogen and oxygen atoms in total. The van der Waals surface area contributed by atoms with Crippen LogP contribution < -0.4 is 10.5 Å². The van der Waals surface area contributed by atoms with Gasteiger partial charge in [0.05, 0.1) is 11.8 Å². The molecule has 1 aromatic heterocycles. The first-order chi connectivity index (χ1) is 8.16. The number of nitrogens with two attached hydrogens (primary N) is 1. The van der Waals surface area contributed by atoms with Crippen molar-refractivity contribution in [3.05, 3.63) is 52.8 Å². The van der Waals surface area contributed by atoms with E-state index in [9.17, 15) is 0 Å². The monoisotopic (exact) mass is 308 g/mol. The Morgan fingerprint density at radius 2 is 2.18 bits per heavy atom. The van der Waals surface area contributed by atoms with Gasteiger partial charge in [0.25, 0.3) is 0 Å². The van der Waals surface area contributed by atoms with Crippen LogP contribution in [0.3, 0.4) is 0 Å². The minimum atomic E-state index is 0.302. The minimum Gasteiger partial charge on any atom is -0.455 e. The zero-order valence-corrected chi connectivity index (χ0v) is 11.2. The highest BCUT2D eigenvalue weighted by Crippen LogP contribution is 2.28. The number of halogens is 1. The van der Waals surface area contributed by atoms with Gasteiger partial charge in [-0.25, -0.2) is 0 Å². The molecule has 0 radical (unpaired) electrons. The summed E-state index contributed by atoms with van der Waals surface area (Å²) in [7, 11) is 0. The van der Waals surface area contributed by atoms with Crippen LogP contribution in [0, 0.1) is 0 Å². The molecule has 2 aromatic rings. The predicted molar refractivity (Wildman–Crippen MR) is 74.3 cm³/mol. The average molecular weight is 309 g/mol. The van der Waals surface area contributed by atoms with E-state index in [0.717, 1.165) is 4.47 Å². The molecule has 1 aromatic carbocycles. The summed E-state index contributed by atoms with van der Waals surface area (Å²) in [6.45, 7) is 0. The lowest BCUT2D eigenvalue weighted by molar-refractivity contribution is 0.479. The number of benzene rings is 1. The third-order valence-electron chi connectivity index (χ3n) is 2.07. The first-order valence-corrected chi connectivity index (χ1v) is 6.04. The van der Waals surface area contributed by atoms with Gasteiger partial charge in [-0.1, -0.05) is 28.1 Å². The van der Waals surface area contributed by atoms with Crippen LogP contribution in [0.4, 0.5) is 0 Å². The Morgan fingerprint density at radius 3 is 2.82 bits per heavy atom. The van der Waals surface area contributed by atoms with Gasteiger partial charge < -0.3 is 10.5 Å². The van der Waals surface area contributed by atoms with E-state index in [0.29, 0.717) is 22.1 Å². The molecule has 0 aliphatic carbocycles. The normalized spacial score (nSPS) is 9.94. The van der Waals surface area contributed by atoms with Gasteiger partial charge in [-0.2, -0.15) is 0 Å². The summed E-state index contributed by atoms with van der Waals surface area (Å²) in [5.74, 6) is 1.25. The fourth-order valence-electron chi connectivity index (χ4n) is 1.32. The van der Waals surface area contributed by atoms with Gasteiger partial charge in [-0.15, -0.1) is 0 Å². The third-order valence-corrected chi connectivity index (χ3v) is 2.78. The van der Waals surface area contributed by atoms with Crippen molar-refractivity contribution < 1.29 is 4.74 Å². The van der Waals surface area contributed by atoms with Crippen molar-refractivity contribution in [2.45, 2.75) is 0 Å². The molecular weight excluding hydrogens is 300 g/mol. The quantitative estimate of drug-likeness (QED) is 0.884. The van der Waals surface area contributed by atoms with E-state index in [1.807, 2.05) is 24.3 Å². The number of pyridine rings is 1. The summed E-state index contributed by atoms with van der Waals surface area (Å²) in [6.07, 6.45) is 3.31. The Balaban J connectivity index is 2.37. The molecule has 0 fully saturated rings. The van der Waals surface area contributed by atoms with Gasteiger partial charge in [-0.05, 0) is 30.3 Å². The van der Waals surface area contributed by atoms with Crippen LogP contribution in [0.1, 0.15) is 5.56 Å². The molecule has 0 saturated heterocycles. The zero-order valence-electron chi connectivity index (χ0n) is 8.76. The van der Waals surface area contributed by atoms with Crippen LogP contribution in [-0.2, 0) is 0 Å². The first kappa shape index (κ1) is 12.0. The second-order valence-corrected chi connectivity index (χ2v) is 4.65. The highest BCUT2D eigenvalue weighted by Gasteiger charge is 2.08. The lowest BCUT2D eigenvalue weighted by atomic mass is 10.2. The molecule has 17 heavy (non-hydrogen) atoms. The molecule has 2 N–H and O–H groups in total. The van der Waals surface area contributed by atoms with Crippen molar-refractivity contribution in [1.29, 1.82) is 0 Å². The van der Waals surface area contributed by atoms with Crippen molar-refractivity contribution in [2.75, 3.05) is 0 Å². The molecule has 0 bridgehead atoms. The van der Waals surface area contributed by atoms with E-state index < -0.39 is 0 Å². The van der Waals surface area contributed by atoms with Crippen molar-refractivity contribution in [3.63, 3.8) is 0 Å². The van der Waals surface area contributed by atoms with E-state index >= 15 is 0 Å². The molecule has 0 unspecified atom stereocenters. The van der Waals surface area contributed by atoms with Gasteiger partial charge in [-0.3, -0.25) is 4.98 Å². The van der Waals surface area contributed by atoms with Crippen LogP contribution in [0.2, 0.25) is 0 Å². The van der Waals surface area contributed by atoms with E-state index in [1.54, 1.807) is 18.5 Å². The maximum absolute atomic E-state index is 5.69. The lowest BCUT2D eigenvalue weighted by Crippen LogP contribution is -2.10. The van der Waals surface area contributed by atoms with E-state index in [1.165, 1.54) is 0 Å². The van der Waals surface area contributed by atoms with Crippen molar-refractivity contribution >= 4 is 33.1 Å². The van der Waals surface area contributed by atoms with Crippen LogP contribution in [0.25, 0.3) is 0 Å². The molecule has 1 heterocycles. The molecule has 0 aliphatic rings. The molecule has 0 aliphatic heterocycles. The number of aromatic nitrogens is 1. The Hall–Kier alpha value is -1.46. The number of nitrogens with zero attached hydrogens (tertiary/aromatic N) is 1. The Morgan fingerprint density at radius 1 is 1.35 bits per heavy atom. The minimum absolute atomic E-state index is 0.302. The molecule has 0 atom stereocenters. The van der Waals surface area contributed by atoms with Crippen LogP contribution >= 0.6 is 28.1 Å². The Kier molecular flexibility index (Phi) is 3.71. The van der Waals surface area contributed by atoms with Gasteiger partial charge in [0.2, 0.25) is 0 Å². The fourth-order valence-corrected chi connectivity index (χ4v) is 1.83. The maximum atomic E-state index is 5.69. The summed E-state index contributed by atoms with van der Waals surface area (Å²) < 4.78 is 6.59. The topological polar surface area (TPSA) is 48.1 Å². The molecule has 0 spiro atoms. The van der Waals surface area contributed by atoms with Crippen molar-refractivity contribution in [2.24, 2.45) is 5.73 Å². The van der Waals surface area contributed by atoms with Crippen LogP contribution in [0.5, 0.6) is 11.5 Å². The molecule has 5 heteroatoms. The summed E-state index contributed by atoms with van der Waals surface area (Å²) in [4.78, 5) is 4.28. The molecular formula is C12H9BrN2OS. The number of ether oxygens (including phenoxy) is 1. The van der Waals surface area contributed by atoms with E-state index in [4.69, 9.17) is 22.7 Å². The van der Waals surface area contributed by atoms with E-state index in [-0.39, 0.29) is 0 Å². The Bertz CT molecular complexity index is 545. The second kappa shape index (κ2) is 5.25. The number of hydrogen-bond acceptors (Lipinski definition) is 3.